The maximum atomic E-state index is 12.9. The zero-order valence-corrected chi connectivity index (χ0v) is 12.5. The van der Waals surface area contributed by atoms with Gasteiger partial charge in [-0.15, -0.1) is 0 Å². The van der Waals surface area contributed by atoms with Gasteiger partial charge in [-0.05, 0) is 30.5 Å². The van der Waals surface area contributed by atoms with Crippen LogP contribution >= 0.6 is 11.6 Å². The van der Waals surface area contributed by atoms with Crippen molar-refractivity contribution >= 4 is 21.6 Å². The lowest BCUT2D eigenvalue weighted by molar-refractivity contribution is 0.233. The molecule has 2 rings (SSSR count). The molecule has 1 aliphatic heterocycles. The second-order valence-corrected chi connectivity index (χ2v) is 6.59. The molecule has 8 heteroatoms. The first-order valence-corrected chi connectivity index (χ1v) is 7.77. The maximum absolute atomic E-state index is 12.9. The Kier molecular flexibility index (Phi) is 6.35. The fourth-order valence-electron chi connectivity index (χ4n) is 1.99. The van der Waals surface area contributed by atoms with Gasteiger partial charge in [-0.2, -0.15) is 4.31 Å². The molecule has 5 nitrogen and oxygen atoms in total. The van der Waals surface area contributed by atoms with E-state index in [4.69, 9.17) is 21.8 Å². The monoisotopic (exact) mass is 325 g/mol. The minimum atomic E-state index is -3.71. The van der Waals surface area contributed by atoms with Crippen LogP contribution in [0.15, 0.2) is 23.1 Å². The van der Waals surface area contributed by atoms with Crippen LogP contribution in [-0.4, -0.2) is 49.7 Å². The first kappa shape index (κ1) is 17.3. The molecule has 0 aromatic heterocycles. The Morgan fingerprint density at radius 1 is 1.45 bits per heavy atom. The molecule has 0 amide bonds. The molecule has 1 aliphatic rings. The number of aliphatic hydroxyl groups excluding tert-OH is 2. The van der Waals surface area contributed by atoms with Crippen LogP contribution in [-0.2, 0) is 10.0 Å². The molecule has 0 aliphatic carbocycles. The number of sulfonamides is 1. The van der Waals surface area contributed by atoms with E-state index >= 15 is 0 Å². The molecule has 0 bridgehead atoms. The molecule has 0 radical (unpaired) electrons. The van der Waals surface area contributed by atoms with E-state index in [1.54, 1.807) is 0 Å². The first-order valence-electron chi connectivity index (χ1n) is 5.96. The number of hydrogen-bond donors (Lipinski definition) is 2. The number of hydrogen-bond acceptors (Lipinski definition) is 4. The summed E-state index contributed by atoms with van der Waals surface area (Å²) < 4.78 is 38.7. The second kappa shape index (κ2) is 7.33. The van der Waals surface area contributed by atoms with Crippen LogP contribution in [0.2, 0.25) is 5.02 Å². The Labute approximate surface area is 122 Å². The first-order chi connectivity index (χ1) is 9.45. The summed E-state index contributed by atoms with van der Waals surface area (Å²) >= 11 is 5.77. The molecule has 1 unspecified atom stereocenters. The van der Waals surface area contributed by atoms with E-state index in [9.17, 15) is 12.8 Å². The van der Waals surface area contributed by atoms with E-state index in [1.165, 1.54) is 10.4 Å². The van der Waals surface area contributed by atoms with Gasteiger partial charge in [0.05, 0.1) is 5.02 Å². The van der Waals surface area contributed by atoms with Gasteiger partial charge in [0.25, 0.3) is 0 Å². The number of aliphatic hydroxyl groups is 2. The summed E-state index contributed by atoms with van der Waals surface area (Å²) in [6, 6.07) is 3.21. The van der Waals surface area contributed by atoms with Crippen LogP contribution in [0.4, 0.5) is 4.39 Å². The van der Waals surface area contributed by atoms with Gasteiger partial charge < -0.3 is 10.2 Å². The van der Waals surface area contributed by atoms with Crippen molar-refractivity contribution in [1.82, 2.24) is 4.31 Å². The van der Waals surface area contributed by atoms with E-state index in [1.807, 2.05) is 0 Å². The molecule has 1 aromatic carbocycles. The molecular weight excluding hydrogens is 309 g/mol. The van der Waals surface area contributed by atoms with Crippen molar-refractivity contribution in [2.75, 3.05) is 26.8 Å². The fraction of sp³-hybridized carbons (Fsp3) is 0.500. The van der Waals surface area contributed by atoms with Crippen LogP contribution in [0.25, 0.3) is 0 Å². The molecule has 114 valence electrons. The highest BCUT2D eigenvalue weighted by molar-refractivity contribution is 7.89. The van der Waals surface area contributed by atoms with Gasteiger partial charge in [0.15, 0.2) is 0 Å². The minimum Gasteiger partial charge on any atom is -0.400 e. The molecule has 1 aromatic rings. The third-order valence-corrected chi connectivity index (χ3v) is 5.37. The van der Waals surface area contributed by atoms with Gasteiger partial charge >= 0.3 is 0 Å². The molecule has 1 fully saturated rings. The average Bonchev–Trinajstić information content (AvgIpc) is 2.90. The quantitative estimate of drug-likeness (QED) is 0.872. The lowest BCUT2D eigenvalue weighted by atomic mass is 10.1. The predicted molar refractivity (Wildman–Crippen MR) is 73.5 cm³/mol. The highest BCUT2D eigenvalue weighted by Crippen LogP contribution is 2.29. The normalized spacial score (nSPS) is 19.6. The van der Waals surface area contributed by atoms with E-state index in [0.717, 1.165) is 19.2 Å². The van der Waals surface area contributed by atoms with Crippen molar-refractivity contribution in [3.05, 3.63) is 29.0 Å². The van der Waals surface area contributed by atoms with Gasteiger partial charge in [-0.1, -0.05) is 11.6 Å². The SMILES string of the molecule is CO.O=S(=O)(c1ccc(F)cc1Cl)N1CCC(CO)C1. The molecule has 1 heterocycles. The van der Waals surface area contributed by atoms with Crippen LogP contribution in [0.3, 0.4) is 0 Å². The van der Waals surface area contributed by atoms with Crippen LogP contribution in [0.5, 0.6) is 0 Å². The Balaban J connectivity index is 0.000000956. The topological polar surface area (TPSA) is 77.8 Å². The van der Waals surface area contributed by atoms with Gasteiger partial charge in [0, 0.05) is 26.8 Å². The molecule has 1 saturated heterocycles. The van der Waals surface area contributed by atoms with Crippen LogP contribution in [0, 0.1) is 11.7 Å². The predicted octanol–water partition coefficient (Wildman–Crippen LogP) is 1.09. The van der Waals surface area contributed by atoms with E-state index in [0.29, 0.717) is 13.0 Å². The van der Waals surface area contributed by atoms with Gasteiger partial charge in [-0.3, -0.25) is 0 Å². The molecule has 0 spiro atoms. The fourth-order valence-corrected chi connectivity index (χ4v) is 4.02. The standard InChI is InChI=1S/C11H13ClFNO3S.CH4O/c12-10-5-9(13)1-2-11(10)18(16,17)14-4-3-8(6-14)7-15;1-2/h1-2,5,8,15H,3-4,6-7H2;2H,1H3. The Hall–Kier alpha value is -0.730. The van der Waals surface area contributed by atoms with Gasteiger partial charge in [-0.25, -0.2) is 12.8 Å². The van der Waals surface area contributed by atoms with Crippen molar-refractivity contribution in [3.8, 4) is 0 Å². The van der Waals surface area contributed by atoms with Crippen molar-refractivity contribution in [2.45, 2.75) is 11.3 Å². The third kappa shape index (κ3) is 3.67. The van der Waals surface area contributed by atoms with Gasteiger partial charge in [0.2, 0.25) is 10.0 Å². The number of halogens is 2. The summed E-state index contributed by atoms with van der Waals surface area (Å²) in [5.41, 5.74) is 0. The van der Waals surface area contributed by atoms with E-state index in [-0.39, 0.29) is 29.0 Å². The summed E-state index contributed by atoms with van der Waals surface area (Å²) in [6.07, 6.45) is 0.620. The highest BCUT2D eigenvalue weighted by Gasteiger charge is 2.33. The smallest absolute Gasteiger partial charge is 0.244 e. The summed E-state index contributed by atoms with van der Waals surface area (Å²) in [5.74, 6) is -0.618. The zero-order chi connectivity index (χ0) is 15.3. The summed E-state index contributed by atoms with van der Waals surface area (Å²) in [4.78, 5) is -0.0934. The largest absolute Gasteiger partial charge is 0.400 e. The molecule has 20 heavy (non-hydrogen) atoms. The Morgan fingerprint density at radius 2 is 2.10 bits per heavy atom. The van der Waals surface area contributed by atoms with E-state index in [2.05, 4.69) is 0 Å². The average molecular weight is 326 g/mol. The van der Waals surface area contributed by atoms with Crippen molar-refractivity contribution in [2.24, 2.45) is 5.92 Å². The lowest BCUT2D eigenvalue weighted by Crippen LogP contribution is -2.29. The summed E-state index contributed by atoms with van der Waals surface area (Å²) in [7, 11) is -2.71. The van der Waals surface area contributed by atoms with Crippen LogP contribution < -0.4 is 0 Å². The number of rotatable bonds is 3. The van der Waals surface area contributed by atoms with Crippen LogP contribution in [0.1, 0.15) is 6.42 Å². The van der Waals surface area contributed by atoms with Crippen molar-refractivity contribution < 1.29 is 23.0 Å². The zero-order valence-electron chi connectivity index (χ0n) is 11.0. The molecule has 0 saturated carbocycles. The van der Waals surface area contributed by atoms with Gasteiger partial charge in [0.1, 0.15) is 10.7 Å². The van der Waals surface area contributed by atoms with Crippen molar-refractivity contribution in [3.63, 3.8) is 0 Å². The van der Waals surface area contributed by atoms with Crippen molar-refractivity contribution in [1.29, 1.82) is 0 Å². The Morgan fingerprint density at radius 3 is 2.60 bits per heavy atom. The molecule has 2 N–H and O–H groups in total. The van der Waals surface area contributed by atoms with E-state index < -0.39 is 15.8 Å². The minimum absolute atomic E-state index is 0.0385. The molecular formula is C12H17ClFNO4S. The lowest BCUT2D eigenvalue weighted by Gasteiger charge is -2.17. The molecule has 1 atom stereocenters. The number of benzene rings is 1. The summed E-state index contributed by atoms with van der Waals surface area (Å²) in [6.45, 7) is 0.580. The maximum Gasteiger partial charge on any atom is 0.244 e. The number of nitrogens with zero attached hydrogens (tertiary/aromatic N) is 1. The summed E-state index contributed by atoms with van der Waals surface area (Å²) in [5, 5.41) is 15.9. The highest BCUT2D eigenvalue weighted by atomic mass is 35.5. The second-order valence-electron chi connectivity index (χ2n) is 4.28. The Bertz CT molecular complexity index is 552. The third-order valence-electron chi connectivity index (χ3n) is 3.02.